The maximum absolute atomic E-state index is 11.2. The zero-order valence-electron chi connectivity index (χ0n) is 6.98. The predicted molar refractivity (Wildman–Crippen MR) is 47.3 cm³/mol. The van der Waals surface area contributed by atoms with E-state index in [-0.39, 0.29) is 10.5 Å². The van der Waals surface area contributed by atoms with Crippen molar-refractivity contribution < 1.29 is 8.42 Å². The standard InChI is InChI=1S/C6H7ClN2O3S/c1-4-5(13(7,11)12)3-8-9(2)6(4)10/h3H,1-2H3. The maximum atomic E-state index is 11.2. The molecule has 1 aromatic rings. The highest BCUT2D eigenvalue weighted by molar-refractivity contribution is 8.13. The molecule has 0 fully saturated rings. The van der Waals surface area contributed by atoms with Gasteiger partial charge in [-0.3, -0.25) is 4.79 Å². The second-order valence-electron chi connectivity index (χ2n) is 2.50. The first-order valence-corrected chi connectivity index (χ1v) is 5.62. The lowest BCUT2D eigenvalue weighted by molar-refractivity contribution is 0.604. The highest BCUT2D eigenvalue weighted by Gasteiger charge is 2.16. The summed E-state index contributed by atoms with van der Waals surface area (Å²) >= 11 is 0. The Bertz CT molecular complexity index is 491. The highest BCUT2D eigenvalue weighted by Crippen LogP contribution is 2.14. The summed E-state index contributed by atoms with van der Waals surface area (Å²) in [4.78, 5) is 11.0. The third-order valence-corrected chi connectivity index (χ3v) is 3.03. The quantitative estimate of drug-likeness (QED) is 0.628. The minimum absolute atomic E-state index is 0.0764. The van der Waals surface area contributed by atoms with Gasteiger partial charge in [0.1, 0.15) is 4.90 Å². The fraction of sp³-hybridized carbons (Fsp3) is 0.333. The Morgan fingerprint density at radius 1 is 1.54 bits per heavy atom. The predicted octanol–water partition coefficient (Wildman–Crippen LogP) is 0.0162. The summed E-state index contributed by atoms with van der Waals surface area (Å²) in [6.07, 6.45) is 1.05. The Morgan fingerprint density at radius 3 is 2.54 bits per heavy atom. The SMILES string of the molecule is Cc1c(S(=O)(=O)Cl)cnn(C)c1=O. The third-order valence-electron chi connectivity index (χ3n) is 1.60. The van der Waals surface area contributed by atoms with E-state index in [9.17, 15) is 13.2 Å². The van der Waals surface area contributed by atoms with Gasteiger partial charge in [0.2, 0.25) is 0 Å². The first-order chi connectivity index (χ1) is 5.84. The lowest BCUT2D eigenvalue weighted by Gasteiger charge is -2.01. The third kappa shape index (κ3) is 1.89. The molecule has 0 aliphatic heterocycles. The topological polar surface area (TPSA) is 69.0 Å². The zero-order chi connectivity index (χ0) is 10.2. The Balaban J connectivity index is 3.63. The van der Waals surface area contributed by atoms with E-state index in [0.29, 0.717) is 0 Å². The fourth-order valence-corrected chi connectivity index (χ4v) is 1.98. The molecule has 7 heteroatoms. The van der Waals surface area contributed by atoms with Crippen LogP contribution in [-0.4, -0.2) is 18.2 Å². The van der Waals surface area contributed by atoms with Crippen LogP contribution in [-0.2, 0) is 16.1 Å². The Labute approximate surface area is 79.4 Å². The molecule has 0 radical (unpaired) electrons. The largest absolute Gasteiger partial charge is 0.270 e. The monoisotopic (exact) mass is 222 g/mol. The van der Waals surface area contributed by atoms with E-state index in [1.54, 1.807) is 0 Å². The number of rotatable bonds is 1. The van der Waals surface area contributed by atoms with Crippen LogP contribution in [0.3, 0.4) is 0 Å². The van der Waals surface area contributed by atoms with Gasteiger partial charge in [-0.25, -0.2) is 13.1 Å². The molecule has 0 saturated heterocycles. The number of halogens is 1. The van der Waals surface area contributed by atoms with Crippen molar-refractivity contribution in [3.05, 3.63) is 22.1 Å². The van der Waals surface area contributed by atoms with E-state index in [1.807, 2.05) is 0 Å². The molecule has 0 bridgehead atoms. The van der Waals surface area contributed by atoms with E-state index in [1.165, 1.54) is 14.0 Å². The first kappa shape index (κ1) is 10.2. The van der Waals surface area contributed by atoms with Crippen molar-refractivity contribution in [1.29, 1.82) is 0 Å². The molecule has 72 valence electrons. The fourth-order valence-electron chi connectivity index (χ4n) is 0.882. The molecule has 13 heavy (non-hydrogen) atoms. The van der Waals surface area contributed by atoms with Gasteiger partial charge in [0.15, 0.2) is 0 Å². The van der Waals surface area contributed by atoms with Crippen molar-refractivity contribution in [3.8, 4) is 0 Å². The van der Waals surface area contributed by atoms with E-state index in [4.69, 9.17) is 10.7 Å². The zero-order valence-corrected chi connectivity index (χ0v) is 8.56. The number of aryl methyl sites for hydroxylation is 1. The van der Waals surface area contributed by atoms with Gasteiger partial charge in [-0.15, -0.1) is 0 Å². The molecule has 1 rings (SSSR count). The van der Waals surface area contributed by atoms with Gasteiger partial charge >= 0.3 is 0 Å². The van der Waals surface area contributed by atoms with Crippen molar-refractivity contribution >= 4 is 19.7 Å². The van der Waals surface area contributed by atoms with Gasteiger partial charge in [0.25, 0.3) is 14.6 Å². The average Bonchev–Trinajstić information content (AvgIpc) is 1.98. The van der Waals surface area contributed by atoms with Crippen LogP contribution >= 0.6 is 10.7 Å². The van der Waals surface area contributed by atoms with E-state index < -0.39 is 14.6 Å². The van der Waals surface area contributed by atoms with Crippen molar-refractivity contribution in [2.75, 3.05) is 0 Å². The molecule has 1 heterocycles. The van der Waals surface area contributed by atoms with E-state index in [0.717, 1.165) is 10.9 Å². The molecule has 0 saturated carbocycles. The molecule has 0 aliphatic rings. The van der Waals surface area contributed by atoms with Gasteiger partial charge in [-0.1, -0.05) is 0 Å². The summed E-state index contributed by atoms with van der Waals surface area (Å²) in [7, 11) is 2.63. The van der Waals surface area contributed by atoms with Gasteiger partial charge in [-0.2, -0.15) is 5.10 Å². The van der Waals surface area contributed by atoms with Crippen LogP contribution < -0.4 is 5.56 Å². The molecule has 0 aliphatic carbocycles. The molecule has 0 N–H and O–H groups in total. The van der Waals surface area contributed by atoms with E-state index in [2.05, 4.69) is 5.10 Å². The van der Waals surface area contributed by atoms with Crippen molar-refractivity contribution in [2.45, 2.75) is 11.8 Å². The van der Waals surface area contributed by atoms with Gasteiger partial charge in [-0.05, 0) is 6.92 Å². The second kappa shape index (κ2) is 3.12. The number of nitrogens with zero attached hydrogens (tertiary/aromatic N) is 2. The minimum Gasteiger partial charge on any atom is -0.267 e. The highest BCUT2D eigenvalue weighted by atomic mass is 35.7. The molecule has 5 nitrogen and oxygen atoms in total. The van der Waals surface area contributed by atoms with Crippen molar-refractivity contribution in [3.63, 3.8) is 0 Å². The van der Waals surface area contributed by atoms with Crippen LogP contribution in [0.25, 0.3) is 0 Å². The molecule has 0 atom stereocenters. The Morgan fingerprint density at radius 2 is 2.08 bits per heavy atom. The first-order valence-electron chi connectivity index (χ1n) is 3.31. The van der Waals surface area contributed by atoms with Gasteiger partial charge in [0, 0.05) is 23.3 Å². The molecule has 0 spiro atoms. The molecular formula is C6H7ClN2O3S. The average molecular weight is 223 g/mol. The summed E-state index contributed by atoms with van der Waals surface area (Å²) in [6.45, 7) is 1.39. The molecule has 0 aromatic carbocycles. The summed E-state index contributed by atoms with van der Waals surface area (Å²) < 4.78 is 22.8. The Kier molecular flexibility index (Phi) is 2.44. The second-order valence-corrected chi connectivity index (χ2v) is 5.03. The molecule has 1 aromatic heterocycles. The van der Waals surface area contributed by atoms with Crippen LogP contribution in [0.4, 0.5) is 0 Å². The van der Waals surface area contributed by atoms with E-state index >= 15 is 0 Å². The summed E-state index contributed by atoms with van der Waals surface area (Å²) in [6, 6.07) is 0. The van der Waals surface area contributed by atoms with Gasteiger partial charge in [0.05, 0.1) is 6.20 Å². The van der Waals surface area contributed by atoms with Crippen molar-refractivity contribution in [2.24, 2.45) is 7.05 Å². The summed E-state index contributed by atoms with van der Waals surface area (Å²) in [5.74, 6) is 0. The minimum atomic E-state index is -3.88. The smallest absolute Gasteiger partial charge is 0.267 e. The number of aromatic nitrogens is 2. The van der Waals surface area contributed by atoms with Gasteiger partial charge < -0.3 is 0 Å². The lowest BCUT2D eigenvalue weighted by Crippen LogP contribution is -2.23. The molecule has 0 unspecified atom stereocenters. The lowest BCUT2D eigenvalue weighted by atomic mass is 10.3. The number of hydrogen-bond donors (Lipinski definition) is 0. The molecule has 0 amide bonds. The van der Waals surface area contributed by atoms with Crippen LogP contribution in [0, 0.1) is 6.92 Å². The van der Waals surface area contributed by atoms with Crippen LogP contribution in [0.15, 0.2) is 15.9 Å². The summed E-state index contributed by atoms with van der Waals surface area (Å²) in [5, 5.41) is 3.55. The Hall–Kier alpha value is -0.880. The normalized spacial score (nSPS) is 11.6. The maximum Gasteiger partial charge on any atom is 0.270 e. The van der Waals surface area contributed by atoms with Crippen LogP contribution in [0.2, 0.25) is 0 Å². The molecular weight excluding hydrogens is 216 g/mol. The van der Waals surface area contributed by atoms with Crippen LogP contribution in [0.1, 0.15) is 5.56 Å². The summed E-state index contributed by atoms with van der Waals surface area (Å²) in [5.41, 5.74) is -0.394. The van der Waals surface area contributed by atoms with Crippen LogP contribution in [0.5, 0.6) is 0 Å². The van der Waals surface area contributed by atoms with Crippen molar-refractivity contribution in [1.82, 2.24) is 9.78 Å². The number of hydrogen-bond acceptors (Lipinski definition) is 4.